The third-order valence-corrected chi connectivity index (χ3v) is 4.47. The van der Waals surface area contributed by atoms with Crippen LogP contribution in [-0.4, -0.2) is 12.0 Å². The van der Waals surface area contributed by atoms with Gasteiger partial charge in [0.1, 0.15) is 0 Å². The van der Waals surface area contributed by atoms with Crippen molar-refractivity contribution in [3.05, 3.63) is 75.4 Å². The standard InChI is InChI=1S/C17H14BrClN2/c1-20-17(14-8-7-11(19)10-15(14)18)13-4-2-6-16-12(13)5-3-9-21-16/h2-10,17,20H,1H3. The van der Waals surface area contributed by atoms with Crippen molar-refractivity contribution in [1.82, 2.24) is 10.3 Å². The molecular formula is C17H14BrClN2. The number of rotatable bonds is 3. The van der Waals surface area contributed by atoms with Crippen LogP contribution in [0.3, 0.4) is 0 Å². The van der Waals surface area contributed by atoms with Gasteiger partial charge in [0.15, 0.2) is 0 Å². The topological polar surface area (TPSA) is 24.9 Å². The maximum absolute atomic E-state index is 6.05. The molecular weight excluding hydrogens is 348 g/mol. The lowest BCUT2D eigenvalue weighted by atomic mass is 9.95. The second-order valence-electron chi connectivity index (χ2n) is 4.80. The smallest absolute Gasteiger partial charge is 0.0705 e. The summed E-state index contributed by atoms with van der Waals surface area (Å²) >= 11 is 9.66. The fourth-order valence-electron chi connectivity index (χ4n) is 2.59. The van der Waals surface area contributed by atoms with E-state index in [0.717, 1.165) is 26.0 Å². The molecule has 106 valence electrons. The average molecular weight is 362 g/mol. The Hall–Kier alpha value is -1.42. The van der Waals surface area contributed by atoms with Crippen molar-refractivity contribution < 1.29 is 0 Å². The van der Waals surface area contributed by atoms with Crippen LogP contribution in [0.2, 0.25) is 5.02 Å². The highest BCUT2D eigenvalue weighted by molar-refractivity contribution is 9.10. The van der Waals surface area contributed by atoms with Crippen LogP contribution in [0.25, 0.3) is 10.9 Å². The normalized spacial score (nSPS) is 12.5. The number of nitrogens with zero attached hydrogens (tertiary/aromatic N) is 1. The third-order valence-electron chi connectivity index (χ3n) is 3.55. The third kappa shape index (κ3) is 2.82. The molecule has 1 aromatic heterocycles. The number of halogens is 2. The van der Waals surface area contributed by atoms with Gasteiger partial charge in [-0.3, -0.25) is 4.98 Å². The molecule has 1 N–H and O–H groups in total. The van der Waals surface area contributed by atoms with Crippen LogP contribution >= 0.6 is 27.5 Å². The Morgan fingerprint density at radius 1 is 1.10 bits per heavy atom. The number of nitrogens with one attached hydrogen (secondary N) is 1. The molecule has 3 rings (SSSR count). The van der Waals surface area contributed by atoms with E-state index in [1.807, 2.05) is 49.6 Å². The average Bonchev–Trinajstić information content (AvgIpc) is 2.50. The molecule has 0 saturated carbocycles. The van der Waals surface area contributed by atoms with Crippen molar-refractivity contribution in [2.24, 2.45) is 0 Å². The number of benzene rings is 2. The highest BCUT2D eigenvalue weighted by Gasteiger charge is 2.17. The summed E-state index contributed by atoms with van der Waals surface area (Å²) in [6, 6.07) is 16.2. The van der Waals surface area contributed by atoms with Gasteiger partial charge in [0.25, 0.3) is 0 Å². The summed E-state index contributed by atoms with van der Waals surface area (Å²) in [7, 11) is 1.96. The van der Waals surface area contributed by atoms with Gasteiger partial charge < -0.3 is 5.32 Å². The lowest BCUT2D eigenvalue weighted by Gasteiger charge is -2.20. The Labute approximate surface area is 137 Å². The van der Waals surface area contributed by atoms with E-state index < -0.39 is 0 Å². The molecule has 4 heteroatoms. The Bertz CT molecular complexity index is 783. The van der Waals surface area contributed by atoms with E-state index in [9.17, 15) is 0 Å². The predicted molar refractivity (Wildman–Crippen MR) is 91.8 cm³/mol. The summed E-state index contributed by atoms with van der Waals surface area (Å²) in [5.74, 6) is 0. The highest BCUT2D eigenvalue weighted by Crippen LogP contribution is 2.33. The van der Waals surface area contributed by atoms with E-state index in [0.29, 0.717) is 0 Å². The highest BCUT2D eigenvalue weighted by atomic mass is 79.9. The monoisotopic (exact) mass is 360 g/mol. The van der Waals surface area contributed by atoms with Crippen molar-refractivity contribution in [1.29, 1.82) is 0 Å². The molecule has 1 unspecified atom stereocenters. The number of hydrogen-bond donors (Lipinski definition) is 1. The Morgan fingerprint density at radius 2 is 1.95 bits per heavy atom. The van der Waals surface area contributed by atoms with Gasteiger partial charge in [-0.25, -0.2) is 0 Å². The van der Waals surface area contributed by atoms with Crippen molar-refractivity contribution in [2.45, 2.75) is 6.04 Å². The maximum Gasteiger partial charge on any atom is 0.0705 e. The molecule has 0 spiro atoms. The molecule has 3 aromatic rings. The first-order valence-electron chi connectivity index (χ1n) is 6.66. The fourth-order valence-corrected chi connectivity index (χ4v) is 3.50. The summed E-state index contributed by atoms with van der Waals surface area (Å²) in [5, 5.41) is 5.26. The molecule has 0 amide bonds. The van der Waals surface area contributed by atoms with Gasteiger partial charge in [-0.1, -0.05) is 51.8 Å². The molecule has 0 radical (unpaired) electrons. The van der Waals surface area contributed by atoms with E-state index in [1.54, 1.807) is 0 Å². The largest absolute Gasteiger partial charge is 0.309 e. The van der Waals surface area contributed by atoms with E-state index >= 15 is 0 Å². The van der Waals surface area contributed by atoms with Gasteiger partial charge in [0, 0.05) is 21.1 Å². The van der Waals surface area contributed by atoms with Crippen LogP contribution < -0.4 is 5.32 Å². The Balaban J connectivity index is 2.18. The van der Waals surface area contributed by atoms with E-state index in [4.69, 9.17) is 11.6 Å². The van der Waals surface area contributed by atoms with E-state index in [1.165, 1.54) is 5.56 Å². The molecule has 2 nitrogen and oxygen atoms in total. The van der Waals surface area contributed by atoms with Crippen LogP contribution in [0.5, 0.6) is 0 Å². The first kappa shape index (κ1) is 14.5. The fraction of sp³-hybridized carbons (Fsp3) is 0.118. The maximum atomic E-state index is 6.05. The van der Waals surface area contributed by atoms with Crippen LogP contribution in [0.15, 0.2) is 59.2 Å². The zero-order valence-corrected chi connectivity index (χ0v) is 13.8. The molecule has 1 atom stereocenters. The first-order chi connectivity index (χ1) is 10.2. The molecule has 0 aliphatic heterocycles. The first-order valence-corrected chi connectivity index (χ1v) is 7.83. The minimum Gasteiger partial charge on any atom is -0.309 e. The van der Waals surface area contributed by atoms with Crippen LogP contribution in [0, 0.1) is 0 Å². The number of pyridine rings is 1. The minimum absolute atomic E-state index is 0.0736. The summed E-state index contributed by atoms with van der Waals surface area (Å²) in [6.45, 7) is 0. The summed E-state index contributed by atoms with van der Waals surface area (Å²) in [5.41, 5.74) is 3.35. The molecule has 1 heterocycles. The van der Waals surface area contributed by atoms with Crippen LogP contribution in [0.1, 0.15) is 17.2 Å². The zero-order valence-electron chi connectivity index (χ0n) is 11.5. The van der Waals surface area contributed by atoms with Crippen molar-refractivity contribution >= 4 is 38.4 Å². The quantitative estimate of drug-likeness (QED) is 0.713. The zero-order chi connectivity index (χ0) is 14.8. The van der Waals surface area contributed by atoms with Gasteiger partial charge in [-0.15, -0.1) is 0 Å². The number of fused-ring (bicyclic) bond motifs is 1. The summed E-state index contributed by atoms with van der Waals surface area (Å²) in [4.78, 5) is 4.43. The molecule has 0 aliphatic rings. The lowest BCUT2D eigenvalue weighted by molar-refractivity contribution is 0.694. The van der Waals surface area contributed by atoms with Gasteiger partial charge in [0.05, 0.1) is 11.6 Å². The van der Waals surface area contributed by atoms with E-state index in [2.05, 4.69) is 38.4 Å². The molecule has 0 bridgehead atoms. The van der Waals surface area contributed by atoms with Gasteiger partial charge in [0.2, 0.25) is 0 Å². The SMILES string of the molecule is CNC(c1ccc(Cl)cc1Br)c1cccc2ncccc12. The van der Waals surface area contributed by atoms with Crippen LogP contribution in [0.4, 0.5) is 0 Å². The second kappa shape index (κ2) is 6.14. The predicted octanol–water partition coefficient (Wildman–Crippen LogP) is 4.96. The molecule has 0 saturated heterocycles. The molecule has 0 aliphatic carbocycles. The van der Waals surface area contributed by atoms with Gasteiger partial charge >= 0.3 is 0 Å². The van der Waals surface area contributed by atoms with Gasteiger partial charge in [-0.2, -0.15) is 0 Å². The minimum atomic E-state index is 0.0736. The molecule has 2 aromatic carbocycles. The number of hydrogen-bond acceptors (Lipinski definition) is 2. The van der Waals surface area contributed by atoms with E-state index in [-0.39, 0.29) is 6.04 Å². The molecule has 0 fully saturated rings. The van der Waals surface area contributed by atoms with Crippen molar-refractivity contribution in [3.8, 4) is 0 Å². The summed E-state index contributed by atoms with van der Waals surface area (Å²) < 4.78 is 0.996. The number of aromatic nitrogens is 1. The van der Waals surface area contributed by atoms with Crippen LogP contribution in [-0.2, 0) is 0 Å². The summed E-state index contributed by atoms with van der Waals surface area (Å²) in [6.07, 6.45) is 1.82. The Kier molecular flexibility index (Phi) is 4.24. The lowest BCUT2D eigenvalue weighted by Crippen LogP contribution is -2.18. The van der Waals surface area contributed by atoms with Crippen molar-refractivity contribution in [3.63, 3.8) is 0 Å². The Morgan fingerprint density at radius 3 is 2.71 bits per heavy atom. The van der Waals surface area contributed by atoms with Gasteiger partial charge in [-0.05, 0) is 42.4 Å². The van der Waals surface area contributed by atoms with Crippen molar-refractivity contribution in [2.75, 3.05) is 7.05 Å². The molecule has 21 heavy (non-hydrogen) atoms. The second-order valence-corrected chi connectivity index (χ2v) is 6.10.